The van der Waals surface area contributed by atoms with Crippen molar-refractivity contribution in [3.8, 4) is 11.1 Å². The average molecular weight is 580 g/mol. The van der Waals surface area contributed by atoms with Crippen LogP contribution in [0.4, 0.5) is 4.79 Å². The Balaban J connectivity index is 1.06. The summed E-state index contributed by atoms with van der Waals surface area (Å²) in [5, 5.41) is 5.32. The fraction of sp³-hybridized carbons (Fsp3) is 0.306. The van der Waals surface area contributed by atoms with E-state index in [1.54, 1.807) is 0 Å². The molecule has 1 N–H and O–H groups in total. The van der Waals surface area contributed by atoms with Gasteiger partial charge in [0.1, 0.15) is 6.61 Å². The van der Waals surface area contributed by atoms with E-state index in [2.05, 4.69) is 123 Å². The Kier molecular flexibility index (Phi) is 9.57. The Labute approximate surface area is 251 Å². The Morgan fingerprint density at radius 1 is 0.714 bits per heavy atom. The molecule has 0 aliphatic heterocycles. The number of ether oxygens (including phenoxy) is 2. The van der Waals surface area contributed by atoms with E-state index in [1.807, 2.05) is 12.1 Å². The second kappa shape index (κ2) is 13.5. The summed E-state index contributed by atoms with van der Waals surface area (Å²) < 4.78 is 18.4. The predicted molar refractivity (Wildman–Crippen MR) is 172 cm³/mol. The van der Waals surface area contributed by atoms with Crippen molar-refractivity contribution in [1.29, 1.82) is 0 Å². The van der Waals surface area contributed by atoms with Gasteiger partial charge in [0.15, 0.2) is 0 Å². The maximum atomic E-state index is 12.4. The number of benzene rings is 4. The molecule has 0 spiro atoms. The van der Waals surface area contributed by atoms with Gasteiger partial charge >= 0.3 is 6.09 Å². The number of rotatable bonds is 12. The molecular weight excluding hydrogens is 538 g/mol. The SMILES string of the molecule is CC(C)(C)[Si](OCCOCCCNC(=O)OCC1c2ccccc2-c2ccccc21)(c1ccccc1)c1ccccc1. The summed E-state index contributed by atoms with van der Waals surface area (Å²) in [7, 11) is -2.56. The number of fused-ring (bicyclic) bond motifs is 3. The smallest absolute Gasteiger partial charge is 0.407 e. The average Bonchev–Trinajstić information content (AvgIpc) is 3.33. The molecule has 218 valence electrons. The van der Waals surface area contributed by atoms with E-state index in [0.717, 1.165) is 0 Å². The Hall–Kier alpha value is -3.71. The number of nitrogens with one attached hydrogen (secondary N) is 1. The summed E-state index contributed by atoms with van der Waals surface area (Å²) in [6, 6.07) is 37.9. The van der Waals surface area contributed by atoms with E-state index in [1.165, 1.54) is 32.6 Å². The van der Waals surface area contributed by atoms with Gasteiger partial charge in [-0.2, -0.15) is 0 Å². The van der Waals surface area contributed by atoms with Crippen molar-refractivity contribution >= 4 is 24.8 Å². The Bertz CT molecular complexity index is 1370. The highest BCUT2D eigenvalue weighted by atomic mass is 28.4. The number of alkyl carbamates (subject to hydrolysis) is 1. The normalized spacial score (nSPS) is 12.9. The van der Waals surface area contributed by atoms with Crippen LogP contribution in [-0.4, -0.2) is 47.4 Å². The first kappa shape index (κ1) is 29.8. The highest BCUT2D eigenvalue weighted by molar-refractivity contribution is 6.99. The van der Waals surface area contributed by atoms with Gasteiger partial charge in [-0.25, -0.2) is 4.79 Å². The van der Waals surface area contributed by atoms with Gasteiger partial charge < -0.3 is 19.2 Å². The fourth-order valence-corrected chi connectivity index (χ4v) is 10.7. The third-order valence-corrected chi connectivity index (χ3v) is 13.1. The number of carbonyl (C=O) groups is 1. The first-order valence-electron chi connectivity index (χ1n) is 14.8. The number of carbonyl (C=O) groups excluding carboxylic acids is 1. The van der Waals surface area contributed by atoms with Crippen molar-refractivity contribution < 1.29 is 18.7 Å². The molecule has 0 saturated carbocycles. The zero-order valence-electron chi connectivity index (χ0n) is 24.8. The molecule has 4 aromatic rings. The minimum absolute atomic E-state index is 0.0574. The third kappa shape index (κ3) is 6.36. The lowest BCUT2D eigenvalue weighted by molar-refractivity contribution is 0.0942. The predicted octanol–water partition coefficient (Wildman–Crippen LogP) is 6.51. The van der Waals surface area contributed by atoms with E-state index in [9.17, 15) is 4.79 Å². The van der Waals surface area contributed by atoms with Crippen molar-refractivity contribution in [3.05, 3.63) is 120 Å². The van der Waals surface area contributed by atoms with Gasteiger partial charge in [-0.15, -0.1) is 0 Å². The summed E-state index contributed by atoms with van der Waals surface area (Å²) >= 11 is 0. The Morgan fingerprint density at radius 3 is 1.79 bits per heavy atom. The highest BCUT2D eigenvalue weighted by Crippen LogP contribution is 2.44. The number of amides is 1. The molecular formula is C36H41NO4Si. The minimum Gasteiger partial charge on any atom is -0.449 e. The van der Waals surface area contributed by atoms with Gasteiger partial charge in [0.2, 0.25) is 0 Å². The van der Waals surface area contributed by atoms with Gasteiger partial charge in [0.25, 0.3) is 8.32 Å². The van der Waals surface area contributed by atoms with Crippen molar-refractivity contribution in [3.63, 3.8) is 0 Å². The van der Waals surface area contributed by atoms with Gasteiger partial charge in [0, 0.05) is 19.1 Å². The lowest BCUT2D eigenvalue weighted by atomic mass is 9.98. The van der Waals surface area contributed by atoms with Crippen LogP contribution in [0.1, 0.15) is 44.2 Å². The summed E-state index contributed by atoms with van der Waals surface area (Å²) in [6.45, 7) is 9.16. The van der Waals surface area contributed by atoms with Gasteiger partial charge in [-0.1, -0.05) is 130 Å². The monoisotopic (exact) mass is 579 g/mol. The van der Waals surface area contributed by atoms with Gasteiger partial charge in [0.05, 0.1) is 13.2 Å². The first-order chi connectivity index (χ1) is 20.4. The summed E-state index contributed by atoms with van der Waals surface area (Å²) in [4.78, 5) is 12.4. The third-order valence-electron chi connectivity index (χ3n) is 8.04. The lowest BCUT2D eigenvalue weighted by Crippen LogP contribution is -2.66. The zero-order chi connectivity index (χ0) is 29.4. The van der Waals surface area contributed by atoms with Gasteiger partial charge in [-0.3, -0.25) is 0 Å². The quantitative estimate of drug-likeness (QED) is 0.154. The maximum absolute atomic E-state index is 12.4. The molecule has 0 fully saturated rings. The van der Waals surface area contributed by atoms with Crippen molar-refractivity contribution in [1.82, 2.24) is 5.32 Å². The lowest BCUT2D eigenvalue weighted by Gasteiger charge is -2.43. The van der Waals surface area contributed by atoms with Crippen molar-refractivity contribution in [2.24, 2.45) is 0 Å². The molecule has 4 aromatic carbocycles. The number of hydrogen-bond donors (Lipinski definition) is 1. The van der Waals surface area contributed by atoms with E-state index >= 15 is 0 Å². The molecule has 0 atom stereocenters. The number of hydrogen-bond acceptors (Lipinski definition) is 4. The topological polar surface area (TPSA) is 56.8 Å². The van der Waals surface area contributed by atoms with Crippen LogP contribution in [-0.2, 0) is 13.9 Å². The minimum atomic E-state index is -2.56. The van der Waals surface area contributed by atoms with Crippen molar-refractivity contribution in [2.75, 3.05) is 33.0 Å². The molecule has 5 nitrogen and oxygen atoms in total. The fourth-order valence-electron chi connectivity index (χ4n) is 6.13. The Morgan fingerprint density at radius 2 is 1.24 bits per heavy atom. The van der Waals surface area contributed by atoms with Gasteiger partial charge in [-0.05, 0) is 44.1 Å². The van der Waals surface area contributed by atoms with Crippen LogP contribution in [0, 0.1) is 0 Å². The molecule has 0 saturated heterocycles. The van der Waals surface area contributed by atoms with Crippen LogP contribution < -0.4 is 15.7 Å². The molecule has 0 unspecified atom stereocenters. The molecule has 0 bridgehead atoms. The molecule has 1 aliphatic rings. The second-order valence-corrected chi connectivity index (χ2v) is 16.0. The van der Waals surface area contributed by atoms with Crippen LogP contribution in [0.3, 0.4) is 0 Å². The molecule has 5 rings (SSSR count). The first-order valence-corrected chi connectivity index (χ1v) is 16.7. The highest BCUT2D eigenvalue weighted by Gasteiger charge is 2.50. The van der Waals surface area contributed by atoms with Crippen LogP contribution in [0.2, 0.25) is 5.04 Å². The summed E-state index contributed by atoms with van der Waals surface area (Å²) in [5.74, 6) is 0.0574. The summed E-state index contributed by atoms with van der Waals surface area (Å²) in [6.07, 6.45) is 0.301. The molecule has 0 heterocycles. The van der Waals surface area contributed by atoms with Crippen LogP contribution in [0.5, 0.6) is 0 Å². The summed E-state index contributed by atoms with van der Waals surface area (Å²) in [5.41, 5.74) is 4.86. The molecule has 0 radical (unpaired) electrons. The molecule has 42 heavy (non-hydrogen) atoms. The molecule has 0 aromatic heterocycles. The van der Waals surface area contributed by atoms with Crippen LogP contribution in [0.25, 0.3) is 11.1 Å². The van der Waals surface area contributed by atoms with Crippen LogP contribution in [0.15, 0.2) is 109 Å². The van der Waals surface area contributed by atoms with E-state index < -0.39 is 14.4 Å². The van der Waals surface area contributed by atoms with Crippen LogP contribution >= 0.6 is 0 Å². The molecule has 1 amide bonds. The standard InChI is InChI=1S/C36H41NO4Si/c1-36(2,3)42(28-15-6-4-7-16-28,29-17-8-5-9-18-29)41-26-25-39-24-14-23-37-35(38)40-27-34-32-21-12-10-19-30(32)31-20-11-13-22-33(31)34/h4-13,15-22,34H,14,23-27H2,1-3H3,(H,37,38). The second-order valence-electron chi connectivity index (χ2n) is 11.7. The maximum Gasteiger partial charge on any atom is 0.407 e. The largest absolute Gasteiger partial charge is 0.449 e. The van der Waals surface area contributed by atoms with E-state index in [0.29, 0.717) is 39.4 Å². The zero-order valence-corrected chi connectivity index (χ0v) is 25.8. The van der Waals surface area contributed by atoms with Crippen molar-refractivity contribution in [2.45, 2.75) is 38.1 Å². The van der Waals surface area contributed by atoms with E-state index in [-0.39, 0.29) is 11.0 Å². The van der Waals surface area contributed by atoms with E-state index in [4.69, 9.17) is 13.9 Å². The molecule has 6 heteroatoms. The molecule has 1 aliphatic carbocycles.